The molecule has 1 aliphatic rings. The van der Waals surface area contributed by atoms with Gasteiger partial charge in [-0.1, -0.05) is 12.1 Å². The highest BCUT2D eigenvalue weighted by molar-refractivity contribution is 5.78. The van der Waals surface area contributed by atoms with Crippen LogP contribution < -0.4 is 5.43 Å². The van der Waals surface area contributed by atoms with E-state index in [1.807, 2.05) is 6.07 Å². The minimum absolute atomic E-state index is 0.0454. The fourth-order valence-electron chi connectivity index (χ4n) is 3.04. The number of nitrogens with one attached hydrogen (secondary N) is 1. The molecule has 1 amide bonds. The number of nitrogens with zero attached hydrogens (tertiary/aromatic N) is 2. The molecule has 4 nitrogen and oxygen atoms in total. The maximum absolute atomic E-state index is 13.5. The smallest absolute Gasteiger partial charge is 0.288 e. The molecule has 7 heteroatoms. The molecule has 0 radical (unpaired) electrons. The highest BCUT2D eigenvalue weighted by Crippen LogP contribution is 2.35. The Kier molecular flexibility index (Phi) is 5.19. The van der Waals surface area contributed by atoms with Gasteiger partial charge in [-0.25, -0.2) is 5.01 Å². The van der Waals surface area contributed by atoms with E-state index in [-0.39, 0.29) is 12.8 Å². The van der Waals surface area contributed by atoms with E-state index < -0.39 is 23.7 Å². The van der Waals surface area contributed by atoms with Crippen LogP contribution in [0.15, 0.2) is 24.3 Å². The first-order valence-electron chi connectivity index (χ1n) is 7.78. The summed E-state index contributed by atoms with van der Waals surface area (Å²) in [7, 11) is 0. The lowest BCUT2D eigenvalue weighted by Gasteiger charge is -2.37. The minimum atomic E-state index is -4.43. The monoisotopic (exact) mass is 339 g/mol. The summed E-state index contributed by atoms with van der Waals surface area (Å²) >= 11 is 0. The van der Waals surface area contributed by atoms with Gasteiger partial charge in [0, 0.05) is 12.0 Å². The zero-order chi connectivity index (χ0) is 18.0. The zero-order valence-corrected chi connectivity index (χ0v) is 13.7. The van der Waals surface area contributed by atoms with Crippen molar-refractivity contribution in [2.75, 3.05) is 0 Å². The number of rotatable bonds is 5. The Morgan fingerprint density at radius 2 is 2.12 bits per heavy atom. The molecule has 2 rings (SSSR count). The number of benzene rings is 1. The third-order valence-corrected chi connectivity index (χ3v) is 4.18. The zero-order valence-electron chi connectivity index (χ0n) is 13.7. The molecule has 0 unspecified atom stereocenters. The van der Waals surface area contributed by atoms with Crippen LogP contribution in [0.25, 0.3) is 0 Å². The summed E-state index contributed by atoms with van der Waals surface area (Å²) in [5.41, 5.74) is 2.80. The molecule has 0 aliphatic carbocycles. The molecule has 1 fully saturated rings. The van der Waals surface area contributed by atoms with Gasteiger partial charge in [0.2, 0.25) is 5.91 Å². The van der Waals surface area contributed by atoms with Gasteiger partial charge in [-0.3, -0.25) is 10.2 Å². The van der Waals surface area contributed by atoms with Crippen LogP contribution in [0.3, 0.4) is 0 Å². The SMILES string of the molecule is CC1(C)CC(=O)NN1[C@@H](CCCc1cccc(C#N)c1)C(F)(F)F. The summed E-state index contributed by atoms with van der Waals surface area (Å²) in [4.78, 5) is 11.5. The molecule has 130 valence electrons. The molecule has 1 aromatic rings. The van der Waals surface area contributed by atoms with Crippen LogP contribution in [-0.4, -0.2) is 28.7 Å². The average molecular weight is 339 g/mol. The highest BCUT2D eigenvalue weighted by Gasteiger charge is 2.51. The van der Waals surface area contributed by atoms with Gasteiger partial charge in [0.25, 0.3) is 0 Å². The molecule has 0 spiro atoms. The molecular formula is C17H20F3N3O. The van der Waals surface area contributed by atoms with E-state index in [0.29, 0.717) is 18.4 Å². The van der Waals surface area contributed by atoms with Crippen molar-refractivity contribution in [1.29, 1.82) is 5.26 Å². The van der Waals surface area contributed by atoms with Crippen molar-refractivity contribution in [3.8, 4) is 6.07 Å². The quantitative estimate of drug-likeness (QED) is 0.895. The van der Waals surface area contributed by atoms with Crippen molar-refractivity contribution >= 4 is 5.91 Å². The molecule has 0 bridgehead atoms. The van der Waals surface area contributed by atoms with E-state index in [4.69, 9.17) is 5.26 Å². The maximum atomic E-state index is 13.5. The summed E-state index contributed by atoms with van der Waals surface area (Å²) in [6, 6.07) is 7.15. The lowest BCUT2D eigenvalue weighted by Crippen LogP contribution is -2.56. The summed E-state index contributed by atoms with van der Waals surface area (Å²) < 4.78 is 40.4. The van der Waals surface area contributed by atoms with Gasteiger partial charge in [-0.15, -0.1) is 0 Å². The van der Waals surface area contributed by atoms with Gasteiger partial charge >= 0.3 is 6.18 Å². The van der Waals surface area contributed by atoms with Crippen LogP contribution in [0.5, 0.6) is 0 Å². The molecular weight excluding hydrogens is 319 g/mol. The van der Waals surface area contributed by atoms with E-state index >= 15 is 0 Å². The van der Waals surface area contributed by atoms with Gasteiger partial charge < -0.3 is 0 Å². The molecule has 24 heavy (non-hydrogen) atoms. The number of aryl methyl sites for hydroxylation is 1. The first-order chi connectivity index (χ1) is 11.1. The van der Waals surface area contributed by atoms with Crippen molar-refractivity contribution in [3.05, 3.63) is 35.4 Å². The van der Waals surface area contributed by atoms with Crippen LogP contribution in [0, 0.1) is 11.3 Å². The lowest BCUT2D eigenvalue weighted by molar-refractivity contribution is -0.202. The van der Waals surface area contributed by atoms with Crippen molar-refractivity contribution in [1.82, 2.24) is 10.4 Å². The van der Waals surface area contributed by atoms with Gasteiger partial charge in [0.05, 0.1) is 11.6 Å². The number of hydrazine groups is 1. The first-order valence-corrected chi connectivity index (χ1v) is 7.78. The maximum Gasteiger partial charge on any atom is 0.405 e. The predicted molar refractivity (Wildman–Crippen MR) is 82.6 cm³/mol. The number of amides is 1. The second kappa shape index (κ2) is 6.81. The standard InChI is InChI=1S/C17H20F3N3O/c1-16(2)10-15(24)22-23(16)14(17(18,19)20)8-4-6-12-5-3-7-13(9-12)11-21/h3,5,7,9,14H,4,6,8,10H2,1-2H3,(H,22,24)/t14-/m0/s1. The van der Waals surface area contributed by atoms with Crippen molar-refractivity contribution in [3.63, 3.8) is 0 Å². The molecule has 1 atom stereocenters. The van der Waals surface area contributed by atoms with Gasteiger partial charge in [-0.2, -0.15) is 18.4 Å². The van der Waals surface area contributed by atoms with E-state index in [9.17, 15) is 18.0 Å². The van der Waals surface area contributed by atoms with E-state index in [0.717, 1.165) is 10.6 Å². The number of alkyl halides is 3. The van der Waals surface area contributed by atoms with E-state index in [2.05, 4.69) is 5.43 Å². The third-order valence-electron chi connectivity index (χ3n) is 4.18. The molecule has 1 heterocycles. The normalized spacial score (nSPS) is 18.9. The summed E-state index contributed by atoms with van der Waals surface area (Å²) in [6.45, 7) is 3.25. The number of hydrogen-bond donors (Lipinski definition) is 1. The molecule has 0 saturated carbocycles. The van der Waals surface area contributed by atoms with Crippen molar-refractivity contribution in [2.24, 2.45) is 0 Å². The number of carbonyl (C=O) groups excluding carboxylic acids is 1. The largest absolute Gasteiger partial charge is 0.405 e. The van der Waals surface area contributed by atoms with Crippen LogP contribution >= 0.6 is 0 Å². The molecule has 1 saturated heterocycles. The summed E-state index contributed by atoms with van der Waals surface area (Å²) in [6.07, 6.45) is -3.75. The Morgan fingerprint density at radius 1 is 1.42 bits per heavy atom. The van der Waals surface area contributed by atoms with Crippen molar-refractivity contribution < 1.29 is 18.0 Å². The van der Waals surface area contributed by atoms with Gasteiger partial charge in [-0.05, 0) is 50.8 Å². The Labute approximate surface area is 139 Å². The summed E-state index contributed by atoms with van der Waals surface area (Å²) in [5, 5.41) is 9.91. The fourth-order valence-corrected chi connectivity index (χ4v) is 3.04. The topological polar surface area (TPSA) is 56.1 Å². The highest BCUT2D eigenvalue weighted by atomic mass is 19.4. The average Bonchev–Trinajstić information content (AvgIpc) is 2.75. The van der Waals surface area contributed by atoms with Crippen LogP contribution in [-0.2, 0) is 11.2 Å². The molecule has 1 N–H and O–H groups in total. The fraction of sp³-hybridized carbons (Fsp3) is 0.529. The Morgan fingerprint density at radius 3 is 2.67 bits per heavy atom. The van der Waals surface area contributed by atoms with Crippen molar-refractivity contribution in [2.45, 2.75) is 57.3 Å². The van der Waals surface area contributed by atoms with Gasteiger partial charge in [0.15, 0.2) is 0 Å². The number of nitriles is 1. The third kappa shape index (κ3) is 4.26. The number of carbonyl (C=O) groups is 1. The first kappa shape index (κ1) is 18.3. The van der Waals surface area contributed by atoms with E-state index in [1.165, 1.54) is 0 Å². The van der Waals surface area contributed by atoms with Crippen LogP contribution in [0.2, 0.25) is 0 Å². The predicted octanol–water partition coefficient (Wildman–Crippen LogP) is 3.33. The Bertz CT molecular complexity index is 649. The number of halogens is 3. The van der Waals surface area contributed by atoms with Gasteiger partial charge in [0.1, 0.15) is 6.04 Å². The second-order valence-electron chi connectivity index (χ2n) is 6.66. The van der Waals surface area contributed by atoms with Crippen LogP contribution in [0.4, 0.5) is 13.2 Å². The van der Waals surface area contributed by atoms with Crippen LogP contribution in [0.1, 0.15) is 44.2 Å². The summed E-state index contributed by atoms with van der Waals surface area (Å²) in [5.74, 6) is -0.393. The second-order valence-corrected chi connectivity index (χ2v) is 6.66. The van der Waals surface area contributed by atoms with E-state index in [1.54, 1.807) is 38.1 Å². The lowest BCUT2D eigenvalue weighted by atomic mass is 9.97. The minimum Gasteiger partial charge on any atom is -0.288 e. The molecule has 1 aliphatic heterocycles. The Hall–Kier alpha value is -2.07. The Balaban J connectivity index is 2.05. The molecule has 0 aromatic heterocycles. The number of hydrogen-bond acceptors (Lipinski definition) is 3. The molecule has 1 aromatic carbocycles.